The van der Waals surface area contributed by atoms with Crippen LogP contribution in [-0.2, 0) is 4.79 Å². The maximum Gasteiger partial charge on any atom is 0.321 e. The van der Waals surface area contributed by atoms with Crippen molar-refractivity contribution in [1.29, 1.82) is 0 Å². The van der Waals surface area contributed by atoms with Gasteiger partial charge in [-0.3, -0.25) is 4.79 Å². The van der Waals surface area contributed by atoms with Gasteiger partial charge in [0.25, 0.3) is 0 Å². The average Bonchev–Trinajstić information content (AvgIpc) is 2.53. The van der Waals surface area contributed by atoms with Gasteiger partial charge in [-0.05, 0) is 56.3 Å². The first-order chi connectivity index (χ1) is 11.1. The molecule has 4 saturated carbocycles. The van der Waals surface area contributed by atoms with Crippen LogP contribution in [0.3, 0.4) is 0 Å². The summed E-state index contributed by atoms with van der Waals surface area (Å²) >= 11 is 0. The molecule has 6 heteroatoms. The second kappa shape index (κ2) is 5.35. The van der Waals surface area contributed by atoms with Crippen molar-refractivity contribution in [3.05, 3.63) is 6.07 Å². The van der Waals surface area contributed by atoms with Crippen LogP contribution in [-0.4, -0.2) is 30.1 Å². The summed E-state index contributed by atoms with van der Waals surface area (Å²) in [4.78, 5) is 21.3. The minimum Gasteiger partial charge on any atom is -0.481 e. The third-order valence-electron chi connectivity index (χ3n) is 5.84. The van der Waals surface area contributed by atoms with Crippen molar-refractivity contribution in [2.24, 2.45) is 23.2 Å². The zero-order chi connectivity index (χ0) is 16.0. The van der Waals surface area contributed by atoms with Crippen LogP contribution in [0.25, 0.3) is 0 Å². The predicted octanol–water partition coefficient (Wildman–Crippen LogP) is 2.65. The molecule has 5 rings (SSSR count). The Morgan fingerprint density at radius 2 is 1.70 bits per heavy atom. The number of nitrogens with one attached hydrogen (secondary N) is 1. The molecule has 1 aromatic heterocycles. The van der Waals surface area contributed by atoms with Crippen molar-refractivity contribution in [3.63, 3.8) is 0 Å². The summed E-state index contributed by atoms with van der Waals surface area (Å²) in [5, 5.41) is 3.00. The summed E-state index contributed by atoms with van der Waals surface area (Å²) in [6.07, 6.45) is 7.06. The molecule has 0 atom stereocenters. The number of anilines is 1. The lowest BCUT2D eigenvalue weighted by atomic mass is 9.49. The molecule has 0 aliphatic heterocycles. The molecule has 4 fully saturated rings. The number of hydrogen-bond acceptors (Lipinski definition) is 5. The highest BCUT2D eigenvalue weighted by molar-refractivity contribution is 5.95. The second-order valence-corrected chi connectivity index (χ2v) is 7.43. The summed E-state index contributed by atoms with van der Waals surface area (Å²) in [5.74, 6) is 3.16. The van der Waals surface area contributed by atoms with E-state index < -0.39 is 0 Å². The van der Waals surface area contributed by atoms with Crippen LogP contribution in [0.4, 0.5) is 5.82 Å². The van der Waals surface area contributed by atoms with E-state index in [9.17, 15) is 4.79 Å². The van der Waals surface area contributed by atoms with Crippen molar-refractivity contribution in [2.45, 2.75) is 38.5 Å². The average molecular weight is 317 g/mol. The summed E-state index contributed by atoms with van der Waals surface area (Å²) in [6.45, 7) is 0. The number of aromatic nitrogens is 2. The maximum absolute atomic E-state index is 13.0. The van der Waals surface area contributed by atoms with E-state index in [0.29, 0.717) is 11.7 Å². The zero-order valence-electron chi connectivity index (χ0n) is 13.7. The van der Waals surface area contributed by atoms with Crippen molar-refractivity contribution in [1.82, 2.24) is 9.97 Å². The minimum atomic E-state index is -0.194. The van der Waals surface area contributed by atoms with Crippen LogP contribution in [0.5, 0.6) is 11.9 Å². The van der Waals surface area contributed by atoms with Crippen LogP contribution in [0, 0.1) is 23.2 Å². The molecule has 4 aliphatic carbocycles. The molecule has 6 nitrogen and oxygen atoms in total. The molecule has 1 heterocycles. The van der Waals surface area contributed by atoms with Gasteiger partial charge < -0.3 is 14.8 Å². The van der Waals surface area contributed by atoms with Gasteiger partial charge in [-0.2, -0.15) is 9.97 Å². The first kappa shape index (κ1) is 14.7. The Balaban J connectivity index is 1.56. The molecule has 1 N–H and O–H groups in total. The predicted molar refractivity (Wildman–Crippen MR) is 84.4 cm³/mol. The molecular weight excluding hydrogens is 294 g/mol. The number of rotatable bonds is 4. The van der Waals surface area contributed by atoms with Crippen LogP contribution in [0.15, 0.2) is 6.07 Å². The van der Waals surface area contributed by atoms with E-state index >= 15 is 0 Å². The zero-order valence-corrected chi connectivity index (χ0v) is 13.7. The van der Waals surface area contributed by atoms with Gasteiger partial charge >= 0.3 is 6.01 Å². The molecule has 0 radical (unpaired) electrons. The highest BCUT2D eigenvalue weighted by Gasteiger charge is 2.54. The third kappa shape index (κ3) is 2.54. The van der Waals surface area contributed by atoms with E-state index in [-0.39, 0.29) is 17.3 Å². The van der Waals surface area contributed by atoms with E-state index in [1.807, 2.05) is 0 Å². The van der Waals surface area contributed by atoms with Crippen LogP contribution >= 0.6 is 0 Å². The topological polar surface area (TPSA) is 73.3 Å². The summed E-state index contributed by atoms with van der Waals surface area (Å²) in [7, 11) is 3.03. The Hall–Kier alpha value is -1.85. The van der Waals surface area contributed by atoms with Gasteiger partial charge in [0.1, 0.15) is 5.82 Å². The lowest BCUT2D eigenvalue weighted by molar-refractivity contribution is -0.140. The summed E-state index contributed by atoms with van der Waals surface area (Å²) in [6, 6.07) is 1.84. The highest BCUT2D eigenvalue weighted by atomic mass is 16.5. The monoisotopic (exact) mass is 317 g/mol. The second-order valence-electron chi connectivity index (χ2n) is 7.43. The number of carbonyl (C=O) groups is 1. The van der Waals surface area contributed by atoms with Gasteiger partial charge in [-0.15, -0.1) is 0 Å². The Morgan fingerprint density at radius 1 is 1.09 bits per heavy atom. The molecule has 0 spiro atoms. The number of amides is 1. The molecule has 0 unspecified atom stereocenters. The Morgan fingerprint density at radius 3 is 2.22 bits per heavy atom. The Kier molecular flexibility index (Phi) is 3.43. The number of hydrogen-bond donors (Lipinski definition) is 1. The lowest BCUT2D eigenvalue weighted by Gasteiger charge is -2.55. The van der Waals surface area contributed by atoms with Gasteiger partial charge in [-0.25, -0.2) is 0 Å². The molecule has 23 heavy (non-hydrogen) atoms. The quantitative estimate of drug-likeness (QED) is 0.924. The number of carbonyl (C=O) groups excluding carboxylic acids is 1. The largest absolute Gasteiger partial charge is 0.481 e. The smallest absolute Gasteiger partial charge is 0.321 e. The van der Waals surface area contributed by atoms with Gasteiger partial charge in [-0.1, -0.05) is 0 Å². The minimum absolute atomic E-state index is 0.111. The summed E-state index contributed by atoms with van der Waals surface area (Å²) < 4.78 is 10.2. The van der Waals surface area contributed by atoms with Gasteiger partial charge in [0.2, 0.25) is 11.8 Å². The molecule has 4 bridgehead atoms. The van der Waals surface area contributed by atoms with Crippen LogP contribution < -0.4 is 14.8 Å². The van der Waals surface area contributed by atoms with Crippen molar-refractivity contribution >= 4 is 11.7 Å². The maximum atomic E-state index is 13.0. The Bertz CT molecular complexity index is 574. The SMILES string of the molecule is COc1cc(NC(=O)C23CC4CC(CC(C4)C2)C3)nc(OC)n1. The lowest BCUT2D eigenvalue weighted by Crippen LogP contribution is -2.51. The van der Waals surface area contributed by atoms with Crippen LogP contribution in [0.1, 0.15) is 38.5 Å². The number of ether oxygens (including phenoxy) is 2. The number of methoxy groups -OCH3 is 2. The van der Waals surface area contributed by atoms with E-state index in [4.69, 9.17) is 9.47 Å². The molecule has 0 aromatic carbocycles. The highest BCUT2D eigenvalue weighted by Crippen LogP contribution is 2.60. The fourth-order valence-electron chi connectivity index (χ4n) is 5.30. The normalized spacial score (nSPS) is 34.3. The van der Waals surface area contributed by atoms with Gasteiger partial charge in [0, 0.05) is 6.07 Å². The Labute approximate surface area is 136 Å². The van der Waals surface area contributed by atoms with Crippen molar-refractivity contribution in [3.8, 4) is 11.9 Å². The molecule has 1 aromatic rings. The van der Waals surface area contributed by atoms with E-state index in [1.54, 1.807) is 6.07 Å². The molecular formula is C17H23N3O3. The van der Waals surface area contributed by atoms with Crippen molar-refractivity contribution < 1.29 is 14.3 Å². The fraction of sp³-hybridized carbons (Fsp3) is 0.706. The van der Waals surface area contributed by atoms with Gasteiger partial charge in [0.15, 0.2) is 0 Å². The molecule has 4 aliphatic rings. The molecule has 0 saturated heterocycles. The van der Waals surface area contributed by atoms with Crippen LogP contribution in [0.2, 0.25) is 0 Å². The fourth-order valence-corrected chi connectivity index (χ4v) is 5.30. The molecule has 1 amide bonds. The van der Waals surface area contributed by atoms with Crippen molar-refractivity contribution in [2.75, 3.05) is 19.5 Å². The first-order valence-corrected chi connectivity index (χ1v) is 8.39. The van der Waals surface area contributed by atoms with E-state index in [1.165, 1.54) is 33.5 Å². The summed E-state index contributed by atoms with van der Waals surface area (Å²) in [5.41, 5.74) is -0.194. The first-order valence-electron chi connectivity index (χ1n) is 8.39. The third-order valence-corrected chi connectivity index (χ3v) is 5.84. The van der Waals surface area contributed by atoms with E-state index in [0.717, 1.165) is 37.0 Å². The van der Waals surface area contributed by atoms with E-state index in [2.05, 4.69) is 15.3 Å². The standard InChI is InChI=1S/C17H23N3O3/c1-22-14-6-13(19-16(20-14)23-2)18-15(21)17-7-10-3-11(8-17)5-12(4-10)9-17/h6,10-12H,3-5,7-9H2,1-2H3,(H,18,19,20,21). The number of nitrogens with zero attached hydrogens (tertiary/aromatic N) is 2. The van der Waals surface area contributed by atoms with Gasteiger partial charge in [0.05, 0.1) is 19.6 Å². The molecule has 124 valence electrons.